The zero-order valence-corrected chi connectivity index (χ0v) is 15.2. The van der Waals surface area contributed by atoms with E-state index >= 15 is 0 Å². The lowest BCUT2D eigenvalue weighted by Crippen LogP contribution is -2.28. The van der Waals surface area contributed by atoms with Crippen molar-refractivity contribution in [3.63, 3.8) is 0 Å². The van der Waals surface area contributed by atoms with Gasteiger partial charge in [0.1, 0.15) is 0 Å². The number of amides is 2. The van der Waals surface area contributed by atoms with Crippen LogP contribution in [0.4, 0.5) is 11.4 Å². The van der Waals surface area contributed by atoms with Gasteiger partial charge in [-0.15, -0.1) is 0 Å². The number of carbonyl (C=O) groups is 2. The number of carbonyl (C=O) groups excluding carboxylic acids is 2. The summed E-state index contributed by atoms with van der Waals surface area (Å²) in [4.78, 5) is 27.0. The largest absolute Gasteiger partial charge is 0.322 e. The summed E-state index contributed by atoms with van der Waals surface area (Å²) >= 11 is 5.85. The van der Waals surface area contributed by atoms with Crippen LogP contribution in [0.1, 0.15) is 26.3 Å². The van der Waals surface area contributed by atoms with Crippen LogP contribution in [0.3, 0.4) is 0 Å². The SMILES string of the molecule is O=C(Nc1ccc(Cl)cc1)c1ccc(C(=O)N2CCc3ccccc32)cc1. The minimum Gasteiger partial charge on any atom is -0.322 e. The summed E-state index contributed by atoms with van der Waals surface area (Å²) in [6.45, 7) is 0.678. The fourth-order valence-electron chi connectivity index (χ4n) is 3.21. The van der Waals surface area contributed by atoms with E-state index in [0.717, 1.165) is 12.1 Å². The number of rotatable bonds is 3. The molecule has 0 radical (unpaired) electrons. The van der Waals surface area contributed by atoms with Crippen LogP contribution >= 0.6 is 11.6 Å². The Kier molecular flexibility index (Phi) is 4.65. The molecule has 3 aromatic carbocycles. The van der Waals surface area contributed by atoms with Gasteiger partial charge in [0.15, 0.2) is 0 Å². The lowest BCUT2D eigenvalue weighted by molar-refractivity contribution is 0.0986. The molecule has 0 fully saturated rings. The molecule has 0 unspecified atom stereocenters. The smallest absolute Gasteiger partial charge is 0.258 e. The van der Waals surface area contributed by atoms with Crippen molar-refractivity contribution in [1.82, 2.24) is 0 Å². The molecule has 1 N–H and O–H groups in total. The van der Waals surface area contributed by atoms with E-state index < -0.39 is 0 Å². The maximum absolute atomic E-state index is 12.8. The van der Waals surface area contributed by atoms with E-state index in [1.54, 1.807) is 53.4 Å². The Hall–Kier alpha value is -3.11. The lowest BCUT2D eigenvalue weighted by atomic mass is 10.1. The van der Waals surface area contributed by atoms with Crippen LogP contribution in [0, 0.1) is 0 Å². The number of fused-ring (bicyclic) bond motifs is 1. The first-order valence-corrected chi connectivity index (χ1v) is 9.06. The molecule has 0 bridgehead atoms. The Bertz CT molecular complexity index is 998. The van der Waals surface area contributed by atoms with Crippen LogP contribution in [0.5, 0.6) is 0 Å². The molecule has 5 heteroatoms. The zero-order chi connectivity index (χ0) is 18.8. The van der Waals surface area contributed by atoms with Crippen molar-refractivity contribution in [3.05, 3.63) is 94.5 Å². The summed E-state index contributed by atoms with van der Waals surface area (Å²) in [6.07, 6.45) is 0.865. The first-order valence-electron chi connectivity index (χ1n) is 8.68. The van der Waals surface area contributed by atoms with E-state index in [0.29, 0.717) is 28.4 Å². The second kappa shape index (κ2) is 7.25. The van der Waals surface area contributed by atoms with Gasteiger partial charge >= 0.3 is 0 Å². The average Bonchev–Trinajstić information content (AvgIpc) is 3.13. The minimum atomic E-state index is -0.233. The Morgan fingerprint density at radius 1 is 0.852 bits per heavy atom. The third-order valence-electron chi connectivity index (χ3n) is 4.63. The fourth-order valence-corrected chi connectivity index (χ4v) is 3.33. The third-order valence-corrected chi connectivity index (χ3v) is 4.88. The van der Waals surface area contributed by atoms with E-state index in [4.69, 9.17) is 11.6 Å². The molecule has 2 amide bonds. The number of hydrogen-bond acceptors (Lipinski definition) is 2. The molecule has 4 nitrogen and oxygen atoms in total. The second-order valence-electron chi connectivity index (χ2n) is 6.37. The average molecular weight is 377 g/mol. The van der Waals surface area contributed by atoms with Gasteiger partial charge in [-0.25, -0.2) is 0 Å². The molecular weight excluding hydrogens is 360 g/mol. The quantitative estimate of drug-likeness (QED) is 0.714. The van der Waals surface area contributed by atoms with Gasteiger partial charge in [0.2, 0.25) is 0 Å². The molecule has 1 aliphatic heterocycles. The summed E-state index contributed by atoms with van der Waals surface area (Å²) in [5.74, 6) is -0.285. The maximum atomic E-state index is 12.8. The highest BCUT2D eigenvalue weighted by molar-refractivity contribution is 6.30. The summed E-state index contributed by atoms with van der Waals surface area (Å²) in [6, 6.07) is 21.6. The maximum Gasteiger partial charge on any atom is 0.258 e. The van der Waals surface area contributed by atoms with E-state index in [-0.39, 0.29) is 11.8 Å². The first kappa shape index (κ1) is 17.3. The van der Waals surface area contributed by atoms with E-state index in [1.807, 2.05) is 24.3 Å². The summed E-state index contributed by atoms with van der Waals surface area (Å²) < 4.78 is 0. The van der Waals surface area contributed by atoms with Crippen LogP contribution in [-0.2, 0) is 6.42 Å². The van der Waals surface area contributed by atoms with Crippen molar-refractivity contribution in [1.29, 1.82) is 0 Å². The van der Waals surface area contributed by atoms with E-state index in [2.05, 4.69) is 5.32 Å². The Morgan fingerprint density at radius 2 is 1.52 bits per heavy atom. The third kappa shape index (κ3) is 3.57. The highest BCUT2D eigenvalue weighted by Gasteiger charge is 2.25. The number of nitrogens with one attached hydrogen (secondary N) is 1. The van der Waals surface area contributed by atoms with Gasteiger partial charge in [0.05, 0.1) is 0 Å². The molecule has 27 heavy (non-hydrogen) atoms. The molecular formula is C22H17ClN2O2. The number of anilines is 2. The first-order chi connectivity index (χ1) is 13.1. The topological polar surface area (TPSA) is 49.4 Å². The van der Waals surface area contributed by atoms with Crippen molar-refractivity contribution in [2.45, 2.75) is 6.42 Å². The van der Waals surface area contributed by atoms with Crippen molar-refractivity contribution in [3.8, 4) is 0 Å². The standard InChI is InChI=1S/C22H17ClN2O2/c23-18-9-11-19(12-10-18)24-21(26)16-5-7-17(8-6-16)22(27)25-14-13-15-3-1-2-4-20(15)25/h1-12H,13-14H2,(H,24,26). The van der Waals surface area contributed by atoms with Gasteiger partial charge < -0.3 is 10.2 Å². The summed E-state index contributed by atoms with van der Waals surface area (Å²) in [5.41, 5.74) is 3.87. The minimum absolute atomic E-state index is 0.0513. The number of nitrogens with zero attached hydrogens (tertiary/aromatic N) is 1. The zero-order valence-electron chi connectivity index (χ0n) is 14.5. The van der Waals surface area contributed by atoms with E-state index in [1.165, 1.54) is 5.56 Å². The lowest BCUT2D eigenvalue weighted by Gasteiger charge is -2.17. The normalized spacial score (nSPS) is 12.6. The molecule has 1 heterocycles. The molecule has 1 aliphatic rings. The summed E-state index contributed by atoms with van der Waals surface area (Å²) in [7, 11) is 0. The Morgan fingerprint density at radius 3 is 2.26 bits per heavy atom. The molecule has 0 saturated carbocycles. The van der Waals surface area contributed by atoms with Crippen LogP contribution in [0.15, 0.2) is 72.8 Å². The Balaban J connectivity index is 1.48. The number of benzene rings is 3. The predicted molar refractivity (Wildman–Crippen MR) is 108 cm³/mol. The molecule has 134 valence electrons. The van der Waals surface area contributed by atoms with Crippen LogP contribution in [0.2, 0.25) is 5.02 Å². The van der Waals surface area contributed by atoms with Crippen molar-refractivity contribution >= 4 is 34.8 Å². The molecule has 3 aromatic rings. The van der Waals surface area contributed by atoms with Crippen molar-refractivity contribution in [2.75, 3.05) is 16.8 Å². The van der Waals surface area contributed by atoms with E-state index in [9.17, 15) is 9.59 Å². The predicted octanol–water partition coefficient (Wildman–Crippen LogP) is 4.80. The fraction of sp³-hybridized carbons (Fsp3) is 0.0909. The van der Waals surface area contributed by atoms with Gasteiger partial charge in [-0.2, -0.15) is 0 Å². The van der Waals surface area contributed by atoms with Crippen LogP contribution in [0.25, 0.3) is 0 Å². The van der Waals surface area contributed by atoms with Gasteiger partial charge in [-0.05, 0) is 66.6 Å². The van der Waals surface area contributed by atoms with Gasteiger partial charge in [-0.3, -0.25) is 9.59 Å². The molecule has 0 aromatic heterocycles. The molecule has 4 rings (SSSR count). The highest BCUT2D eigenvalue weighted by Crippen LogP contribution is 2.28. The molecule has 0 atom stereocenters. The number of para-hydroxylation sites is 1. The highest BCUT2D eigenvalue weighted by atomic mass is 35.5. The van der Waals surface area contributed by atoms with Crippen molar-refractivity contribution in [2.24, 2.45) is 0 Å². The Labute approximate surface area is 162 Å². The molecule has 0 saturated heterocycles. The second-order valence-corrected chi connectivity index (χ2v) is 6.81. The number of hydrogen-bond donors (Lipinski definition) is 1. The van der Waals surface area contributed by atoms with Crippen molar-refractivity contribution < 1.29 is 9.59 Å². The summed E-state index contributed by atoms with van der Waals surface area (Å²) in [5, 5.41) is 3.42. The molecule has 0 spiro atoms. The van der Waals surface area contributed by atoms with Crippen LogP contribution in [-0.4, -0.2) is 18.4 Å². The van der Waals surface area contributed by atoms with Gasteiger partial charge in [0.25, 0.3) is 11.8 Å². The van der Waals surface area contributed by atoms with Crippen LogP contribution < -0.4 is 10.2 Å². The molecule has 0 aliphatic carbocycles. The van der Waals surface area contributed by atoms with Gasteiger partial charge in [0, 0.05) is 34.1 Å². The monoisotopic (exact) mass is 376 g/mol. The number of halogens is 1. The van der Waals surface area contributed by atoms with Gasteiger partial charge in [-0.1, -0.05) is 29.8 Å².